The van der Waals surface area contributed by atoms with Crippen LogP contribution in [0.25, 0.3) is 0 Å². The Balaban J connectivity index is 3.34. The minimum absolute atomic E-state index is 0.438. The van der Waals surface area contributed by atoms with Gasteiger partial charge < -0.3 is 0 Å². The predicted molar refractivity (Wildman–Crippen MR) is 34.8 cm³/mol. The third kappa shape index (κ3) is 5.44. The van der Waals surface area contributed by atoms with Gasteiger partial charge >= 0.3 is 0 Å². The first-order valence-corrected chi connectivity index (χ1v) is 2.62. The van der Waals surface area contributed by atoms with Crippen LogP contribution in [0.15, 0.2) is 24.8 Å². The highest BCUT2D eigenvalue weighted by Crippen LogP contribution is 1.86. The van der Waals surface area contributed by atoms with Crippen LogP contribution in [0.4, 0.5) is 0 Å². The van der Waals surface area contributed by atoms with Crippen molar-refractivity contribution in [2.75, 3.05) is 0 Å². The molecular formula is C6H7ClO. The number of halogens is 1. The van der Waals surface area contributed by atoms with Gasteiger partial charge in [-0.05, 0) is 24.1 Å². The molecule has 2 heteroatoms. The molecule has 0 heterocycles. The summed E-state index contributed by atoms with van der Waals surface area (Å²) in [5.41, 5.74) is 0. The van der Waals surface area contributed by atoms with Crippen molar-refractivity contribution < 1.29 is 4.79 Å². The number of rotatable bonds is 3. The van der Waals surface area contributed by atoms with E-state index >= 15 is 0 Å². The van der Waals surface area contributed by atoms with Crippen LogP contribution < -0.4 is 0 Å². The van der Waals surface area contributed by atoms with E-state index in [4.69, 9.17) is 11.6 Å². The Bertz CT molecular complexity index is 116. The highest BCUT2D eigenvalue weighted by atomic mass is 35.5. The van der Waals surface area contributed by atoms with Crippen molar-refractivity contribution in [3.05, 3.63) is 24.8 Å². The second-order valence-electron chi connectivity index (χ2n) is 1.23. The summed E-state index contributed by atoms with van der Waals surface area (Å²) in [7, 11) is 0. The van der Waals surface area contributed by atoms with E-state index in [0.29, 0.717) is 6.42 Å². The highest BCUT2D eigenvalue weighted by molar-refractivity contribution is 6.66. The van der Waals surface area contributed by atoms with Gasteiger partial charge in [-0.15, -0.1) is 6.58 Å². The fourth-order valence-electron chi connectivity index (χ4n) is 0.257. The third-order valence-electron chi connectivity index (χ3n) is 0.552. The Labute approximate surface area is 53.6 Å². The van der Waals surface area contributed by atoms with Crippen molar-refractivity contribution in [3.63, 3.8) is 0 Å². The fraction of sp³-hybridized carbons (Fsp3) is 0.167. The average Bonchev–Trinajstić information content (AvgIpc) is 1.66. The van der Waals surface area contributed by atoms with Crippen LogP contribution in [0.1, 0.15) is 6.42 Å². The summed E-state index contributed by atoms with van der Waals surface area (Å²) >= 11 is 4.95. The van der Waals surface area contributed by atoms with Crippen molar-refractivity contribution in [1.29, 1.82) is 0 Å². The fourth-order valence-corrected chi connectivity index (χ4v) is 0.346. The lowest BCUT2D eigenvalue weighted by molar-refractivity contribution is -0.107. The largest absolute Gasteiger partial charge is 0.276 e. The van der Waals surface area contributed by atoms with Crippen molar-refractivity contribution >= 4 is 16.8 Å². The van der Waals surface area contributed by atoms with Gasteiger partial charge in [0.25, 0.3) is 0 Å². The van der Waals surface area contributed by atoms with Gasteiger partial charge in [0, 0.05) is 0 Å². The smallest absolute Gasteiger partial charge is 0.244 e. The number of carbonyl (C=O) groups excluding carboxylic acids is 1. The molecular weight excluding hydrogens is 124 g/mol. The maximum atomic E-state index is 9.96. The molecule has 0 unspecified atom stereocenters. The molecule has 0 amide bonds. The van der Waals surface area contributed by atoms with Gasteiger partial charge in [0.05, 0.1) is 0 Å². The topological polar surface area (TPSA) is 17.1 Å². The second kappa shape index (κ2) is 4.60. The van der Waals surface area contributed by atoms with Gasteiger partial charge in [-0.1, -0.05) is 12.2 Å². The standard InChI is InChI=1S/C6H7ClO/c1-2-3-4-5-6(7)8/h2,4-5H,1,3H2/b5-4+. The lowest BCUT2D eigenvalue weighted by atomic mass is 10.4. The number of allylic oxidation sites excluding steroid dienone is 3. The molecule has 0 saturated heterocycles. The summed E-state index contributed by atoms with van der Waals surface area (Å²) in [6, 6.07) is 0. The molecule has 0 aliphatic carbocycles. The molecule has 0 aromatic carbocycles. The monoisotopic (exact) mass is 130 g/mol. The first-order valence-electron chi connectivity index (χ1n) is 2.24. The van der Waals surface area contributed by atoms with E-state index < -0.39 is 5.24 Å². The Morgan fingerprint density at radius 1 is 1.75 bits per heavy atom. The van der Waals surface area contributed by atoms with Gasteiger partial charge in [0.15, 0.2) is 0 Å². The second-order valence-corrected chi connectivity index (χ2v) is 1.60. The molecule has 0 radical (unpaired) electrons. The van der Waals surface area contributed by atoms with Gasteiger partial charge in [-0.25, -0.2) is 0 Å². The van der Waals surface area contributed by atoms with E-state index in [-0.39, 0.29) is 0 Å². The van der Waals surface area contributed by atoms with E-state index in [9.17, 15) is 4.79 Å². The van der Waals surface area contributed by atoms with Crippen LogP contribution >= 0.6 is 11.6 Å². The van der Waals surface area contributed by atoms with E-state index in [1.54, 1.807) is 12.2 Å². The Kier molecular flexibility index (Phi) is 4.27. The van der Waals surface area contributed by atoms with Crippen LogP contribution in [0.5, 0.6) is 0 Å². The van der Waals surface area contributed by atoms with Crippen LogP contribution in [0.2, 0.25) is 0 Å². The molecule has 0 aliphatic rings. The molecule has 8 heavy (non-hydrogen) atoms. The van der Waals surface area contributed by atoms with Gasteiger partial charge in [0.2, 0.25) is 5.24 Å². The molecule has 0 bridgehead atoms. The minimum Gasteiger partial charge on any atom is -0.276 e. The quantitative estimate of drug-likeness (QED) is 0.324. The number of hydrogen-bond donors (Lipinski definition) is 0. The molecule has 0 aliphatic heterocycles. The molecule has 0 N–H and O–H groups in total. The third-order valence-corrected chi connectivity index (χ3v) is 0.678. The molecule has 0 rings (SSSR count). The molecule has 0 aromatic heterocycles. The molecule has 44 valence electrons. The van der Waals surface area contributed by atoms with Gasteiger partial charge in [0.1, 0.15) is 0 Å². The number of hydrogen-bond acceptors (Lipinski definition) is 1. The van der Waals surface area contributed by atoms with E-state index in [1.807, 2.05) is 0 Å². The SMILES string of the molecule is C=CC/C=C/C(=O)Cl. The zero-order valence-corrected chi connectivity index (χ0v) is 5.19. The van der Waals surface area contributed by atoms with Gasteiger partial charge in [-0.2, -0.15) is 0 Å². The lowest BCUT2D eigenvalue weighted by Gasteiger charge is -1.74. The molecule has 1 nitrogen and oxygen atoms in total. The van der Waals surface area contributed by atoms with E-state index in [1.165, 1.54) is 6.08 Å². The Morgan fingerprint density at radius 3 is 2.75 bits per heavy atom. The predicted octanol–water partition coefficient (Wildman–Crippen LogP) is 1.88. The normalized spacial score (nSPS) is 9.62. The Hall–Kier alpha value is -0.560. The molecule has 0 fully saturated rings. The maximum Gasteiger partial charge on any atom is 0.244 e. The summed E-state index contributed by atoms with van der Waals surface area (Å²) in [6.07, 6.45) is 5.35. The molecule has 0 aromatic rings. The average molecular weight is 131 g/mol. The van der Waals surface area contributed by atoms with Crippen LogP contribution in [0.3, 0.4) is 0 Å². The molecule has 0 atom stereocenters. The van der Waals surface area contributed by atoms with Crippen LogP contribution in [-0.4, -0.2) is 5.24 Å². The highest BCUT2D eigenvalue weighted by Gasteiger charge is 1.80. The minimum atomic E-state index is -0.438. The van der Waals surface area contributed by atoms with Crippen molar-refractivity contribution in [1.82, 2.24) is 0 Å². The first-order chi connectivity index (χ1) is 3.77. The zero-order valence-electron chi connectivity index (χ0n) is 4.43. The van der Waals surface area contributed by atoms with Crippen LogP contribution in [-0.2, 0) is 4.79 Å². The van der Waals surface area contributed by atoms with Crippen molar-refractivity contribution in [2.45, 2.75) is 6.42 Å². The summed E-state index contributed by atoms with van der Waals surface area (Å²) in [5.74, 6) is 0. The maximum absolute atomic E-state index is 9.96. The van der Waals surface area contributed by atoms with Crippen LogP contribution in [0, 0.1) is 0 Å². The number of carbonyl (C=O) groups is 1. The molecule has 0 saturated carbocycles. The summed E-state index contributed by atoms with van der Waals surface area (Å²) in [4.78, 5) is 9.96. The first kappa shape index (κ1) is 7.44. The van der Waals surface area contributed by atoms with E-state index in [0.717, 1.165) is 0 Å². The van der Waals surface area contributed by atoms with Crippen molar-refractivity contribution in [2.24, 2.45) is 0 Å². The summed E-state index contributed by atoms with van der Waals surface area (Å²) in [5, 5.41) is -0.438. The molecule has 0 spiro atoms. The van der Waals surface area contributed by atoms with Crippen molar-refractivity contribution in [3.8, 4) is 0 Å². The summed E-state index contributed by atoms with van der Waals surface area (Å²) < 4.78 is 0. The Morgan fingerprint density at radius 2 is 2.38 bits per heavy atom. The van der Waals surface area contributed by atoms with Gasteiger partial charge in [-0.3, -0.25) is 4.79 Å². The zero-order chi connectivity index (χ0) is 6.41. The van der Waals surface area contributed by atoms with E-state index in [2.05, 4.69) is 6.58 Å². The summed E-state index contributed by atoms with van der Waals surface area (Å²) in [6.45, 7) is 3.45. The lowest BCUT2D eigenvalue weighted by Crippen LogP contribution is -1.72.